The van der Waals surface area contributed by atoms with E-state index >= 15 is 0 Å². The van der Waals surface area contributed by atoms with Crippen molar-refractivity contribution in [2.24, 2.45) is 11.8 Å². The van der Waals surface area contributed by atoms with E-state index in [4.69, 9.17) is 10.6 Å². The largest absolute Gasteiger partial charge is 0.381 e. The minimum Gasteiger partial charge on any atom is -0.381 e. The second-order valence-corrected chi connectivity index (χ2v) is 4.18. The van der Waals surface area contributed by atoms with Gasteiger partial charge in [-0.3, -0.25) is 11.3 Å². The number of aryl methyl sites for hydroxylation is 1. The van der Waals surface area contributed by atoms with Gasteiger partial charge >= 0.3 is 0 Å². The Morgan fingerprint density at radius 3 is 2.67 bits per heavy atom. The van der Waals surface area contributed by atoms with Gasteiger partial charge in [-0.25, -0.2) is 0 Å². The average molecular weight is 206 g/mol. The number of hydrogen-bond acceptors (Lipinski definition) is 3. The summed E-state index contributed by atoms with van der Waals surface area (Å²) in [4.78, 5) is 0. The van der Waals surface area contributed by atoms with Gasteiger partial charge in [0.1, 0.15) is 0 Å². The van der Waals surface area contributed by atoms with Gasteiger partial charge in [0.2, 0.25) is 0 Å². The summed E-state index contributed by atoms with van der Waals surface area (Å²) in [5, 5.41) is 0. The highest BCUT2D eigenvalue weighted by Gasteiger charge is 2.25. The lowest BCUT2D eigenvalue weighted by Gasteiger charge is -2.21. The number of hydrazine groups is 1. The Bertz CT molecular complexity index is 304. The molecule has 2 atom stereocenters. The van der Waals surface area contributed by atoms with Crippen molar-refractivity contribution in [2.45, 2.75) is 19.4 Å². The van der Waals surface area contributed by atoms with E-state index < -0.39 is 0 Å². The molecule has 1 saturated heterocycles. The molecule has 1 fully saturated rings. The van der Waals surface area contributed by atoms with Crippen LogP contribution < -0.4 is 11.3 Å². The first-order valence-corrected chi connectivity index (χ1v) is 5.41. The quantitative estimate of drug-likeness (QED) is 0.582. The van der Waals surface area contributed by atoms with Crippen LogP contribution in [0.2, 0.25) is 0 Å². The first-order valence-electron chi connectivity index (χ1n) is 5.41. The first kappa shape index (κ1) is 10.6. The van der Waals surface area contributed by atoms with Gasteiger partial charge in [0.25, 0.3) is 0 Å². The van der Waals surface area contributed by atoms with E-state index in [1.54, 1.807) is 0 Å². The number of hydrogen-bond donors (Lipinski definition) is 2. The van der Waals surface area contributed by atoms with Crippen LogP contribution in [-0.4, -0.2) is 13.2 Å². The Kier molecular flexibility index (Phi) is 3.36. The van der Waals surface area contributed by atoms with Crippen molar-refractivity contribution in [1.29, 1.82) is 0 Å². The van der Waals surface area contributed by atoms with E-state index in [2.05, 4.69) is 36.6 Å². The lowest BCUT2D eigenvalue weighted by molar-refractivity contribution is 0.177. The Morgan fingerprint density at radius 1 is 1.40 bits per heavy atom. The molecule has 0 radical (unpaired) electrons. The zero-order valence-corrected chi connectivity index (χ0v) is 9.07. The molecular formula is C12H18N2O. The molecule has 0 spiro atoms. The van der Waals surface area contributed by atoms with Crippen LogP contribution in [-0.2, 0) is 4.74 Å². The Morgan fingerprint density at radius 2 is 2.13 bits per heavy atom. The number of benzene rings is 1. The molecular weight excluding hydrogens is 188 g/mol. The predicted octanol–water partition coefficient (Wildman–Crippen LogP) is 1.54. The molecule has 0 aromatic heterocycles. The summed E-state index contributed by atoms with van der Waals surface area (Å²) in [6.45, 7) is 3.75. The Hall–Kier alpha value is -0.900. The third-order valence-corrected chi connectivity index (χ3v) is 3.05. The zero-order chi connectivity index (χ0) is 10.7. The molecule has 2 unspecified atom stereocenters. The topological polar surface area (TPSA) is 47.3 Å². The predicted molar refractivity (Wildman–Crippen MR) is 60.2 cm³/mol. The number of ether oxygens (including phenoxy) is 1. The van der Waals surface area contributed by atoms with Gasteiger partial charge in [0.15, 0.2) is 0 Å². The maximum Gasteiger partial charge on any atom is 0.0513 e. The van der Waals surface area contributed by atoms with E-state index in [1.165, 1.54) is 11.1 Å². The van der Waals surface area contributed by atoms with Crippen LogP contribution in [0.5, 0.6) is 0 Å². The van der Waals surface area contributed by atoms with Crippen LogP contribution >= 0.6 is 0 Å². The van der Waals surface area contributed by atoms with Crippen LogP contribution in [0, 0.1) is 12.8 Å². The molecule has 3 heteroatoms. The molecule has 82 valence electrons. The minimum atomic E-state index is 0.216. The fraction of sp³-hybridized carbons (Fsp3) is 0.500. The number of nitrogens with one attached hydrogen (secondary N) is 1. The molecule has 0 aliphatic carbocycles. The van der Waals surface area contributed by atoms with E-state index in [1.807, 2.05) is 0 Å². The summed E-state index contributed by atoms with van der Waals surface area (Å²) in [5.41, 5.74) is 5.42. The summed E-state index contributed by atoms with van der Waals surface area (Å²) in [6.07, 6.45) is 1.09. The van der Waals surface area contributed by atoms with Crippen LogP contribution in [0.15, 0.2) is 24.3 Å². The van der Waals surface area contributed by atoms with Crippen molar-refractivity contribution < 1.29 is 4.74 Å². The van der Waals surface area contributed by atoms with E-state index in [0.717, 1.165) is 19.6 Å². The molecule has 1 aliphatic rings. The molecule has 1 aromatic rings. The highest BCUT2D eigenvalue weighted by Crippen LogP contribution is 2.28. The summed E-state index contributed by atoms with van der Waals surface area (Å²) < 4.78 is 5.39. The summed E-state index contributed by atoms with van der Waals surface area (Å²) >= 11 is 0. The van der Waals surface area contributed by atoms with Crippen molar-refractivity contribution in [3.63, 3.8) is 0 Å². The standard InChI is InChI=1S/C12H18N2O/c1-9-2-4-10(5-3-9)12(14-13)11-6-7-15-8-11/h2-5,11-12,14H,6-8,13H2,1H3. The van der Waals surface area contributed by atoms with Gasteiger partial charge in [-0.05, 0) is 18.9 Å². The zero-order valence-electron chi connectivity index (χ0n) is 9.07. The fourth-order valence-corrected chi connectivity index (χ4v) is 2.09. The monoisotopic (exact) mass is 206 g/mol. The lowest BCUT2D eigenvalue weighted by Crippen LogP contribution is -2.33. The van der Waals surface area contributed by atoms with Crippen molar-refractivity contribution in [3.05, 3.63) is 35.4 Å². The van der Waals surface area contributed by atoms with E-state index in [-0.39, 0.29) is 6.04 Å². The first-order chi connectivity index (χ1) is 7.31. The van der Waals surface area contributed by atoms with Crippen molar-refractivity contribution in [2.75, 3.05) is 13.2 Å². The van der Waals surface area contributed by atoms with Gasteiger partial charge < -0.3 is 4.74 Å². The van der Waals surface area contributed by atoms with Crippen LogP contribution in [0.3, 0.4) is 0 Å². The van der Waals surface area contributed by atoms with Gasteiger partial charge in [-0.15, -0.1) is 0 Å². The summed E-state index contributed by atoms with van der Waals surface area (Å²) in [6, 6.07) is 8.73. The third kappa shape index (κ3) is 2.37. The summed E-state index contributed by atoms with van der Waals surface area (Å²) in [5.74, 6) is 6.11. The van der Waals surface area contributed by atoms with Gasteiger partial charge in [-0.1, -0.05) is 29.8 Å². The van der Waals surface area contributed by atoms with Crippen LogP contribution in [0.4, 0.5) is 0 Å². The molecule has 1 aliphatic heterocycles. The molecule has 3 N–H and O–H groups in total. The smallest absolute Gasteiger partial charge is 0.0513 e. The van der Waals surface area contributed by atoms with Crippen molar-refractivity contribution in [1.82, 2.24) is 5.43 Å². The normalized spacial score (nSPS) is 22.9. The SMILES string of the molecule is Cc1ccc(C(NN)C2CCOC2)cc1. The second kappa shape index (κ2) is 4.75. The number of nitrogens with two attached hydrogens (primary N) is 1. The molecule has 1 aromatic carbocycles. The maximum atomic E-state index is 5.62. The third-order valence-electron chi connectivity index (χ3n) is 3.05. The van der Waals surface area contributed by atoms with Crippen LogP contribution in [0.1, 0.15) is 23.6 Å². The molecule has 0 amide bonds. The fourth-order valence-electron chi connectivity index (χ4n) is 2.09. The van der Waals surface area contributed by atoms with E-state index in [0.29, 0.717) is 5.92 Å². The second-order valence-electron chi connectivity index (χ2n) is 4.18. The van der Waals surface area contributed by atoms with E-state index in [9.17, 15) is 0 Å². The molecule has 3 nitrogen and oxygen atoms in total. The highest BCUT2D eigenvalue weighted by molar-refractivity contribution is 5.24. The maximum absolute atomic E-state index is 5.62. The van der Waals surface area contributed by atoms with Gasteiger partial charge in [0.05, 0.1) is 12.6 Å². The molecule has 0 bridgehead atoms. The van der Waals surface area contributed by atoms with Gasteiger partial charge in [0, 0.05) is 12.5 Å². The minimum absolute atomic E-state index is 0.216. The molecule has 1 heterocycles. The highest BCUT2D eigenvalue weighted by atomic mass is 16.5. The Labute approximate surface area is 90.6 Å². The van der Waals surface area contributed by atoms with Crippen LogP contribution in [0.25, 0.3) is 0 Å². The Balaban J connectivity index is 2.14. The summed E-state index contributed by atoms with van der Waals surface area (Å²) in [7, 11) is 0. The molecule has 0 saturated carbocycles. The van der Waals surface area contributed by atoms with Crippen molar-refractivity contribution in [3.8, 4) is 0 Å². The molecule has 15 heavy (non-hydrogen) atoms. The van der Waals surface area contributed by atoms with Crippen molar-refractivity contribution >= 4 is 0 Å². The van der Waals surface area contributed by atoms with Gasteiger partial charge in [-0.2, -0.15) is 0 Å². The molecule has 2 rings (SSSR count). The average Bonchev–Trinajstić information content (AvgIpc) is 2.75. The lowest BCUT2D eigenvalue weighted by atomic mass is 9.92. The number of rotatable bonds is 3.